The van der Waals surface area contributed by atoms with Gasteiger partial charge >= 0.3 is 0 Å². The van der Waals surface area contributed by atoms with Crippen molar-refractivity contribution in [1.82, 2.24) is 14.8 Å². The SMILES string of the molecule is Cc1ccc(-n2cnnc2SCC(=O)Nc2ccc(F)c(C(N)=O)c2)cc1Cl. The minimum absolute atomic E-state index is 0.0293. The Morgan fingerprint density at radius 3 is 2.79 bits per heavy atom. The molecule has 3 aromatic rings. The van der Waals surface area contributed by atoms with Crippen LogP contribution in [0.5, 0.6) is 0 Å². The van der Waals surface area contributed by atoms with E-state index in [9.17, 15) is 14.0 Å². The Hall–Kier alpha value is -2.91. The zero-order valence-corrected chi connectivity index (χ0v) is 16.2. The number of carbonyl (C=O) groups is 2. The molecule has 0 fully saturated rings. The Labute approximate surface area is 169 Å². The minimum atomic E-state index is -0.909. The fourth-order valence-corrected chi connectivity index (χ4v) is 3.25. The van der Waals surface area contributed by atoms with Gasteiger partial charge < -0.3 is 11.1 Å². The van der Waals surface area contributed by atoms with Crippen LogP contribution in [0.25, 0.3) is 5.69 Å². The molecule has 2 aromatic carbocycles. The molecule has 0 aliphatic rings. The summed E-state index contributed by atoms with van der Waals surface area (Å²) >= 11 is 7.33. The first kappa shape index (κ1) is 19.8. The van der Waals surface area contributed by atoms with Gasteiger partial charge in [-0.1, -0.05) is 29.4 Å². The molecule has 0 saturated heterocycles. The number of aryl methyl sites for hydroxylation is 1. The Kier molecular flexibility index (Phi) is 5.96. The van der Waals surface area contributed by atoms with E-state index in [1.807, 2.05) is 19.1 Å². The van der Waals surface area contributed by atoms with Crippen molar-refractivity contribution in [2.24, 2.45) is 5.73 Å². The molecule has 3 rings (SSSR count). The van der Waals surface area contributed by atoms with Crippen molar-refractivity contribution in [1.29, 1.82) is 0 Å². The number of rotatable bonds is 6. The molecule has 0 saturated carbocycles. The van der Waals surface area contributed by atoms with Crippen LogP contribution in [-0.2, 0) is 4.79 Å². The van der Waals surface area contributed by atoms with Crippen molar-refractivity contribution >= 4 is 40.9 Å². The van der Waals surface area contributed by atoms with Gasteiger partial charge in [0, 0.05) is 10.7 Å². The molecule has 0 unspecified atom stereocenters. The molecule has 7 nitrogen and oxygen atoms in total. The number of benzene rings is 2. The van der Waals surface area contributed by atoms with E-state index in [2.05, 4.69) is 15.5 Å². The number of nitrogens with zero attached hydrogens (tertiary/aromatic N) is 3. The second-order valence-corrected chi connectivity index (χ2v) is 7.16. The van der Waals surface area contributed by atoms with Gasteiger partial charge in [-0.3, -0.25) is 14.2 Å². The molecule has 0 spiro atoms. The van der Waals surface area contributed by atoms with Crippen molar-refractivity contribution in [3.8, 4) is 5.69 Å². The zero-order chi connectivity index (χ0) is 20.3. The van der Waals surface area contributed by atoms with Crippen molar-refractivity contribution in [2.45, 2.75) is 12.1 Å². The summed E-state index contributed by atoms with van der Waals surface area (Å²) in [4.78, 5) is 23.4. The summed E-state index contributed by atoms with van der Waals surface area (Å²) in [5.74, 6) is -1.98. The lowest BCUT2D eigenvalue weighted by atomic mass is 10.2. The highest BCUT2D eigenvalue weighted by Gasteiger charge is 2.13. The molecule has 144 valence electrons. The molecule has 0 radical (unpaired) electrons. The lowest BCUT2D eigenvalue weighted by Crippen LogP contribution is -2.17. The minimum Gasteiger partial charge on any atom is -0.366 e. The van der Waals surface area contributed by atoms with Gasteiger partial charge in [0.25, 0.3) is 5.91 Å². The summed E-state index contributed by atoms with van der Waals surface area (Å²) in [6.45, 7) is 1.90. The highest BCUT2D eigenvalue weighted by atomic mass is 35.5. The molecule has 0 aliphatic heterocycles. The van der Waals surface area contributed by atoms with Gasteiger partial charge in [-0.15, -0.1) is 10.2 Å². The Balaban J connectivity index is 1.68. The smallest absolute Gasteiger partial charge is 0.251 e. The van der Waals surface area contributed by atoms with E-state index >= 15 is 0 Å². The zero-order valence-electron chi connectivity index (χ0n) is 14.6. The average molecular weight is 420 g/mol. The topological polar surface area (TPSA) is 103 Å². The van der Waals surface area contributed by atoms with Crippen LogP contribution in [0.4, 0.5) is 10.1 Å². The summed E-state index contributed by atoms with van der Waals surface area (Å²) in [5, 5.41) is 11.6. The number of anilines is 1. The number of aromatic nitrogens is 3. The summed E-state index contributed by atoms with van der Waals surface area (Å²) in [5.41, 5.74) is 6.80. The number of halogens is 2. The van der Waals surface area contributed by atoms with Crippen LogP contribution in [0, 0.1) is 12.7 Å². The van der Waals surface area contributed by atoms with Gasteiger partial charge in [0.15, 0.2) is 5.16 Å². The Bertz CT molecular complexity index is 1060. The normalized spacial score (nSPS) is 10.7. The van der Waals surface area contributed by atoms with Crippen LogP contribution in [0.1, 0.15) is 15.9 Å². The molecular weight excluding hydrogens is 405 g/mol. The Morgan fingerprint density at radius 1 is 1.29 bits per heavy atom. The molecule has 1 aromatic heterocycles. The maximum atomic E-state index is 13.5. The highest BCUT2D eigenvalue weighted by molar-refractivity contribution is 7.99. The predicted molar refractivity (Wildman–Crippen MR) is 105 cm³/mol. The monoisotopic (exact) mass is 419 g/mol. The standard InChI is InChI=1S/C18H15ClFN5O2S/c1-10-2-4-12(7-14(10)19)25-9-22-24-18(25)28-8-16(26)23-11-3-5-15(20)13(6-11)17(21)27/h2-7,9H,8H2,1H3,(H2,21,27)(H,23,26). The summed E-state index contributed by atoms with van der Waals surface area (Å²) < 4.78 is 15.2. The largest absolute Gasteiger partial charge is 0.366 e. The van der Waals surface area contributed by atoms with E-state index in [4.69, 9.17) is 17.3 Å². The molecule has 1 heterocycles. The van der Waals surface area contributed by atoms with Gasteiger partial charge in [-0.2, -0.15) is 0 Å². The number of hydrogen-bond donors (Lipinski definition) is 2. The van der Waals surface area contributed by atoms with Crippen LogP contribution in [0.3, 0.4) is 0 Å². The first-order chi connectivity index (χ1) is 13.3. The number of primary amides is 1. The van der Waals surface area contributed by atoms with E-state index in [0.717, 1.165) is 17.3 Å². The molecule has 0 atom stereocenters. The second kappa shape index (κ2) is 8.41. The number of carbonyl (C=O) groups excluding carboxylic acids is 2. The predicted octanol–water partition coefficient (Wildman–Crippen LogP) is 3.20. The van der Waals surface area contributed by atoms with Gasteiger partial charge in [0.2, 0.25) is 5.91 Å². The number of thioether (sulfide) groups is 1. The third-order valence-corrected chi connectivity index (χ3v) is 5.15. The van der Waals surface area contributed by atoms with Crippen LogP contribution >= 0.6 is 23.4 Å². The average Bonchev–Trinajstić information content (AvgIpc) is 3.12. The number of nitrogens with one attached hydrogen (secondary N) is 1. The maximum absolute atomic E-state index is 13.5. The number of nitrogens with two attached hydrogens (primary N) is 1. The fraction of sp³-hybridized carbons (Fsp3) is 0.111. The van der Waals surface area contributed by atoms with E-state index in [0.29, 0.717) is 10.2 Å². The van der Waals surface area contributed by atoms with Crippen molar-refractivity contribution in [3.63, 3.8) is 0 Å². The quantitative estimate of drug-likeness (QED) is 0.597. The first-order valence-electron chi connectivity index (χ1n) is 8.03. The van der Waals surface area contributed by atoms with Gasteiger partial charge in [-0.25, -0.2) is 4.39 Å². The van der Waals surface area contributed by atoms with Gasteiger partial charge in [-0.05, 0) is 42.8 Å². The third kappa shape index (κ3) is 4.49. The van der Waals surface area contributed by atoms with Gasteiger partial charge in [0.05, 0.1) is 17.0 Å². The van der Waals surface area contributed by atoms with Crippen molar-refractivity contribution < 1.29 is 14.0 Å². The van der Waals surface area contributed by atoms with Gasteiger partial charge in [0.1, 0.15) is 12.1 Å². The number of hydrogen-bond acceptors (Lipinski definition) is 5. The van der Waals surface area contributed by atoms with E-state index in [1.165, 1.54) is 30.2 Å². The van der Waals surface area contributed by atoms with E-state index in [-0.39, 0.29) is 22.9 Å². The first-order valence-corrected chi connectivity index (χ1v) is 9.40. The van der Waals surface area contributed by atoms with Crippen molar-refractivity contribution in [3.05, 3.63) is 64.7 Å². The molecule has 0 bridgehead atoms. The Morgan fingerprint density at radius 2 is 2.07 bits per heavy atom. The number of amides is 2. The van der Waals surface area contributed by atoms with Crippen molar-refractivity contribution in [2.75, 3.05) is 11.1 Å². The third-order valence-electron chi connectivity index (χ3n) is 3.80. The lowest BCUT2D eigenvalue weighted by molar-refractivity contribution is -0.113. The molecular formula is C18H15ClFN5O2S. The highest BCUT2D eigenvalue weighted by Crippen LogP contribution is 2.24. The van der Waals surface area contributed by atoms with Crippen LogP contribution < -0.4 is 11.1 Å². The molecule has 28 heavy (non-hydrogen) atoms. The summed E-state index contributed by atoms with van der Waals surface area (Å²) in [6.07, 6.45) is 1.53. The van der Waals surface area contributed by atoms with E-state index < -0.39 is 11.7 Å². The lowest BCUT2D eigenvalue weighted by Gasteiger charge is -2.09. The fourth-order valence-electron chi connectivity index (χ4n) is 2.35. The summed E-state index contributed by atoms with van der Waals surface area (Å²) in [7, 11) is 0. The second-order valence-electron chi connectivity index (χ2n) is 5.81. The molecule has 10 heteroatoms. The molecule has 3 N–H and O–H groups in total. The van der Waals surface area contributed by atoms with Crippen LogP contribution in [0.15, 0.2) is 47.9 Å². The molecule has 0 aliphatic carbocycles. The molecule has 2 amide bonds. The maximum Gasteiger partial charge on any atom is 0.251 e. The summed E-state index contributed by atoms with van der Waals surface area (Å²) in [6, 6.07) is 9.15. The van der Waals surface area contributed by atoms with Crippen LogP contribution in [0.2, 0.25) is 5.02 Å². The van der Waals surface area contributed by atoms with Crippen LogP contribution in [-0.4, -0.2) is 32.3 Å². The van der Waals surface area contributed by atoms with E-state index in [1.54, 1.807) is 10.6 Å².